The lowest BCUT2D eigenvalue weighted by atomic mass is 9.84. The lowest BCUT2D eigenvalue weighted by molar-refractivity contribution is 0.0288. The first-order valence-corrected chi connectivity index (χ1v) is 8.73. The lowest BCUT2D eigenvalue weighted by Crippen LogP contribution is -2.45. The van der Waals surface area contributed by atoms with Crippen LogP contribution in [0, 0.1) is 0 Å². The van der Waals surface area contributed by atoms with E-state index in [1.54, 1.807) is 12.0 Å². The molecule has 136 valence electrons. The van der Waals surface area contributed by atoms with Crippen LogP contribution in [0.2, 0.25) is 0 Å². The fraction of sp³-hybridized carbons (Fsp3) is 0.579. The molecule has 6 nitrogen and oxygen atoms in total. The van der Waals surface area contributed by atoms with E-state index in [1.165, 1.54) is 0 Å². The van der Waals surface area contributed by atoms with Crippen LogP contribution < -0.4 is 10.1 Å². The number of hydrogen-bond acceptors (Lipinski definition) is 4. The third-order valence-electron chi connectivity index (χ3n) is 4.74. The van der Waals surface area contributed by atoms with E-state index in [1.807, 2.05) is 26.8 Å². The number of aryl methyl sites for hydroxylation is 1. The summed E-state index contributed by atoms with van der Waals surface area (Å²) in [6, 6.07) is 3.90. The highest BCUT2D eigenvalue weighted by atomic mass is 16.6. The number of carbonyl (C=O) groups excluding carboxylic acids is 2. The Morgan fingerprint density at radius 2 is 2.04 bits per heavy atom. The van der Waals surface area contributed by atoms with Crippen LogP contribution in [0.25, 0.3) is 0 Å². The molecule has 1 aromatic rings. The number of rotatable bonds is 2. The molecule has 1 aromatic carbocycles. The molecule has 0 aliphatic carbocycles. The highest BCUT2D eigenvalue weighted by molar-refractivity contribution is 6.00. The van der Waals surface area contributed by atoms with Gasteiger partial charge in [0.05, 0.1) is 18.7 Å². The number of methoxy groups -OCH3 is 1. The van der Waals surface area contributed by atoms with Crippen LogP contribution in [0.3, 0.4) is 0 Å². The van der Waals surface area contributed by atoms with Gasteiger partial charge in [-0.2, -0.15) is 0 Å². The van der Waals surface area contributed by atoms with Crippen molar-refractivity contribution in [3.63, 3.8) is 0 Å². The number of fused-ring (bicyclic) bond motifs is 3. The lowest BCUT2D eigenvalue weighted by Gasteiger charge is -2.29. The van der Waals surface area contributed by atoms with Crippen molar-refractivity contribution in [1.29, 1.82) is 0 Å². The summed E-state index contributed by atoms with van der Waals surface area (Å²) in [5.41, 5.74) is 2.15. The predicted molar refractivity (Wildman–Crippen MR) is 94.2 cm³/mol. The molecule has 6 heteroatoms. The van der Waals surface area contributed by atoms with Crippen LogP contribution in [0.15, 0.2) is 12.1 Å². The Labute approximate surface area is 148 Å². The van der Waals surface area contributed by atoms with Gasteiger partial charge in [0.15, 0.2) is 0 Å². The zero-order valence-corrected chi connectivity index (χ0v) is 15.5. The Hall–Kier alpha value is -2.24. The summed E-state index contributed by atoms with van der Waals surface area (Å²) in [6.07, 6.45) is 0.523. The van der Waals surface area contributed by atoms with Crippen molar-refractivity contribution in [3.8, 4) is 5.75 Å². The van der Waals surface area contributed by atoms with E-state index in [9.17, 15) is 9.59 Å². The van der Waals surface area contributed by atoms with Gasteiger partial charge in [-0.1, -0.05) is 13.0 Å². The Kier molecular flexibility index (Phi) is 4.39. The molecule has 3 rings (SSSR count). The normalized spacial score (nSPS) is 22.1. The van der Waals surface area contributed by atoms with Gasteiger partial charge in [0.2, 0.25) is 0 Å². The first-order chi connectivity index (χ1) is 11.7. The van der Waals surface area contributed by atoms with E-state index >= 15 is 0 Å². The van der Waals surface area contributed by atoms with Gasteiger partial charge in [-0.05, 0) is 44.4 Å². The van der Waals surface area contributed by atoms with Crippen molar-refractivity contribution in [2.24, 2.45) is 0 Å². The van der Waals surface area contributed by atoms with Crippen LogP contribution in [0.1, 0.15) is 55.1 Å². The topological polar surface area (TPSA) is 67.9 Å². The number of carbonyl (C=O) groups is 2. The van der Waals surface area contributed by atoms with Gasteiger partial charge in [0, 0.05) is 19.0 Å². The van der Waals surface area contributed by atoms with Crippen molar-refractivity contribution in [1.82, 2.24) is 10.2 Å². The Morgan fingerprint density at radius 1 is 1.32 bits per heavy atom. The van der Waals surface area contributed by atoms with Crippen LogP contribution in [0.5, 0.6) is 5.75 Å². The number of likely N-dealkylation sites (tertiary alicyclic amines) is 1. The Balaban J connectivity index is 1.93. The molecule has 1 N–H and O–H groups in total. The number of amides is 2. The van der Waals surface area contributed by atoms with Crippen LogP contribution in [-0.4, -0.2) is 48.7 Å². The summed E-state index contributed by atoms with van der Waals surface area (Å²) < 4.78 is 10.9. The van der Waals surface area contributed by atoms with Gasteiger partial charge < -0.3 is 19.7 Å². The third-order valence-corrected chi connectivity index (χ3v) is 4.74. The summed E-state index contributed by atoms with van der Waals surface area (Å²) >= 11 is 0. The quantitative estimate of drug-likeness (QED) is 0.894. The van der Waals surface area contributed by atoms with Gasteiger partial charge in [0.1, 0.15) is 11.4 Å². The van der Waals surface area contributed by atoms with Crippen LogP contribution in [0.4, 0.5) is 4.79 Å². The predicted octanol–water partition coefficient (Wildman–Crippen LogP) is 2.70. The van der Waals surface area contributed by atoms with E-state index in [4.69, 9.17) is 9.47 Å². The van der Waals surface area contributed by atoms with Crippen molar-refractivity contribution < 1.29 is 19.1 Å². The minimum Gasteiger partial charge on any atom is -0.496 e. The first kappa shape index (κ1) is 17.6. The summed E-state index contributed by atoms with van der Waals surface area (Å²) in [6.45, 7) is 8.62. The number of benzene rings is 1. The second-order valence-electron chi connectivity index (χ2n) is 7.69. The van der Waals surface area contributed by atoms with Crippen molar-refractivity contribution in [2.75, 3.05) is 20.2 Å². The molecule has 1 fully saturated rings. The summed E-state index contributed by atoms with van der Waals surface area (Å²) in [4.78, 5) is 26.7. The molecule has 2 heterocycles. The number of nitrogens with zero attached hydrogens (tertiary/aromatic N) is 1. The van der Waals surface area contributed by atoms with E-state index in [0.29, 0.717) is 24.4 Å². The van der Waals surface area contributed by atoms with Gasteiger partial charge in [-0.3, -0.25) is 4.79 Å². The van der Waals surface area contributed by atoms with Crippen LogP contribution >= 0.6 is 0 Å². The molecule has 2 unspecified atom stereocenters. The standard InChI is InChI=1S/C19H26N2O4/c1-6-11-7-12-13-9-21(18(23)25-19(2,3)4)10-14(13)20-17(22)16(12)15(8-11)24-5/h7-8,13-14H,6,9-10H2,1-5H3,(H,20,22). The fourth-order valence-corrected chi connectivity index (χ4v) is 3.58. The fourth-order valence-electron chi connectivity index (χ4n) is 3.58. The monoisotopic (exact) mass is 346 g/mol. The van der Waals surface area contributed by atoms with Gasteiger partial charge in [-0.25, -0.2) is 4.79 Å². The second-order valence-corrected chi connectivity index (χ2v) is 7.69. The molecule has 0 radical (unpaired) electrons. The maximum absolute atomic E-state index is 12.6. The molecule has 2 aliphatic heterocycles. The minimum absolute atomic E-state index is 0.0561. The molecule has 0 bridgehead atoms. The molecule has 1 saturated heterocycles. The van der Waals surface area contributed by atoms with Crippen molar-refractivity contribution in [2.45, 2.75) is 51.7 Å². The van der Waals surface area contributed by atoms with Gasteiger partial charge in [0.25, 0.3) is 5.91 Å². The Bertz CT molecular complexity index is 708. The molecule has 0 aromatic heterocycles. The van der Waals surface area contributed by atoms with E-state index in [2.05, 4.69) is 18.3 Å². The molecular formula is C19H26N2O4. The average molecular weight is 346 g/mol. The molecule has 2 aliphatic rings. The largest absolute Gasteiger partial charge is 0.496 e. The summed E-state index contributed by atoms with van der Waals surface area (Å²) in [7, 11) is 1.58. The van der Waals surface area contributed by atoms with Crippen molar-refractivity contribution >= 4 is 12.0 Å². The zero-order valence-electron chi connectivity index (χ0n) is 15.5. The SMILES string of the molecule is CCc1cc(OC)c2c(c1)C1CN(C(=O)OC(C)(C)C)CC1NC2=O. The average Bonchev–Trinajstić information content (AvgIpc) is 2.96. The number of ether oxygens (including phenoxy) is 2. The maximum Gasteiger partial charge on any atom is 0.410 e. The molecule has 2 atom stereocenters. The zero-order chi connectivity index (χ0) is 18.4. The minimum atomic E-state index is -0.537. The molecule has 2 amide bonds. The smallest absolute Gasteiger partial charge is 0.410 e. The highest BCUT2D eigenvalue weighted by Gasteiger charge is 2.44. The third kappa shape index (κ3) is 3.30. The maximum atomic E-state index is 12.6. The van der Waals surface area contributed by atoms with Gasteiger partial charge >= 0.3 is 6.09 Å². The van der Waals surface area contributed by atoms with Gasteiger partial charge in [-0.15, -0.1) is 0 Å². The van der Waals surface area contributed by atoms with E-state index < -0.39 is 5.60 Å². The van der Waals surface area contributed by atoms with E-state index in [-0.39, 0.29) is 24.0 Å². The number of nitrogens with one attached hydrogen (secondary N) is 1. The second kappa shape index (κ2) is 6.24. The van der Waals surface area contributed by atoms with Crippen molar-refractivity contribution in [3.05, 3.63) is 28.8 Å². The molecule has 25 heavy (non-hydrogen) atoms. The van der Waals surface area contributed by atoms with E-state index in [0.717, 1.165) is 17.5 Å². The number of hydrogen-bond donors (Lipinski definition) is 1. The molecule has 0 saturated carbocycles. The molecular weight excluding hydrogens is 320 g/mol. The summed E-state index contributed by atoms with van der Waals surface area (Å²) in [5.74, 6) is 0.517. The molecule has 0 spiro atoms. The first-order valence-electron chi connectivity index (χ1n) is 8.73. The highest BCUT2D eigenvalue weighted by Crippen LogP contribution is 2.39. The summed E-state index contributed by atoms with van der Waals surface area (Å²) in [5, 5.41) is 3.03. The van der Waals surface area contributed by atoms with Crippen LogP contribution in [-0.2, 0) is 11.2 Å². The Morgan fingerprint density at radius 3 is 2.64 bits per heavy atom.